The Morgan fingerprint density at radius 3 is 1.88 bits per heavy atom. The molecule has 0 aliphatic carbocycles. The average molecular weight is 341 g/mol. The molecule has 0 aromatic rings. The van der Waals surface area contributed by atoms with E-state index in [2.05, 4.69) is 32.7 Å². The van der Waals surface area contributed by atoms with E-state index in [9.17, 15) is 9.59 Å². The first-order valence-corrected chi connectivity index (χ1v) is 8.49. The number of carbonyl (C=O) groups is 2. The quantitative estimate of drug-likeness (QED) is 0.630. The van der Waals surface area contributed by atoms with Crippen molar-refractivity contribution in [3.05, 3.63) is 12.3 Å². The summed E-state index contributed by atoms with van der Waals surface area (Å²) in [6, 6.07) is 0. The molecule has 1 amide bonds. The molecule has 0 aliphatic heterocycles. The lowest BCUT2D eigenvalue weighted by molar-refractivity contribution is -0.144. The number of allylic oxidation sites excluding steroid dienone is 1. The molecular formula is C19H36N2O3. The van der Waals surface area contributed by atoms with E-state index in [1.807, 2.05) is 34.6 Å². The van der Waals surface area contributed by atoms with Crippen LogP contribution in [-0.2, 0) is 9.59 Å². The summed E-state index contributed by atoms with van der Waals surface area (Å²) in [5.74, 6) is -1.57. The summed E-state index contributed by atoms with van der Waals surface area (Å²) in [4.78, 5) is 24.0. The van der Waals surface area contributed by atoms with Gasteiger partial charge < -0.3 is 16.2 Å². The normalized spacial score (nSPS) is 15.5. The second-order valence-electron chi connectivity index (χ2n) is 9.12. The fourth-order valence-electron chi connectivity index (χ4n) is 2.79. The van der Waals surface area contributed by atoms with Crippen LogP contribution >= 0.6 is 0 Å². The van der Waals surface area contributed by atoms with Gasteiger partial charge in [-0.2, -0.15) is 0 Å². The second kappa shape index (κ2) is 7.58. The van der Waals surface area contributed by atoms with Gasteiger partial charge in [0.25, 0.3) is 0 Å². The molecule has 0 saturated heterocycles. The van der Waals surface area contributed by atoms with Crippen LogP contribution in [0.5, 0.6) is 0 Å². The van der Waals surface area contributed by atoms with E-state index in [4.69, 9.17) is 10.8 Å². The molecule has 0 fully saturated rings. The fraction of sp³-hybridized carbons (Fsp3) is 0.789. The van der Waals surface area contributed by atoms with Crippen molar-refractivity contribution in [3.8, 4) is 0 Å². The fourth-order valence-corrected chi connectivity index (χ4v) is 2.79. The zero-order chi connectivity index (χ0) is 19.5. The van der Waals surface area contributed by atoms with E-state index in [1.54, 1.807) is 0 Å². The molecule has 0 radical (unpaired) electrons. The molecule has 0 spiro atoms. The molecule has 140 valence electrons. The van der Waals surface area contributed by atoms with Crippen LogP contribution in [0, 0.1) is 22.7 Å². The van der Waals surface area contributed by atoms with Gasteiger partial charge in [0, 0.05) is 11.2 Å². The molecule has 5 nitrogen and oxygen atoms in total. The minimum atomic E-state index is -0.963. The molecule has 5 heteroatoms. The maximum absolute atomic E-state index is 12.8. The minimum absolute atomic E-state index is 0.180. The number of rotatable bonds is 8. The molecule has 0 aromatic carbocycles. The number of amides is 1. The summed E-state index contributed by atoms with van der Waals surface area (Å²) in [7, 11) is 0. The van der Waals surface area contributed by atoms with Crippen LogP contribution in [0.1, 0.15) is 68.2 Å². The molecule has 0 bridgehead atoms. The van der Waals surface area contributed by atoms with Crippen molar-refractivity contribution in [2.75, 3.05) is 0 Å². The molecule has 24 heavy (non-hydrogen) atoms. The lowest BCUT2D eigenvalue weighted by atomic mass is 9.65. The van der Waals surface area contributed by atoms with Gasteiger partial charge in [-0.3, -0.25) is 9.59 Å². The highest BCUT2D eigenvalue weighted by atomic mass is 16.4. The van der Waals surface area contributed by atoms with Crippen LogP contribution in [0.3, 0.4) is 0 Å². The summed E-state index contributed by atoms with van der Waals surface area (Å²) in [5, 5.41) is 12.2. The van der Waals surface area contributed by atoms with Crippen molar-refractivity contribution in [2.24, 2.45) is 28.4 Å². The largest absolute Gasteiger partial charge is 0.481 e. The Morgan fingerprint density at radius 1 is 1.08 bits per heavy atom. The second-order valence-corrected chi connectivity index (χ2v) is 9.12. The summed E-state index contributed by atoms with van der Waals surface area (Å²) in [6.45, 7) is 19.6. The highest BCUT2D eigenvalue weighted by Gasteiger charge is 2.44. The Hall–Kier alpha value is -1.52. The summed E-state index contributed by atoms with van der Waals surface area (Å²) < 4.78 is 0. The number of carboxylic acid groups (broad SMARTS) is 1. The van der Waals surface area contributed by atoms with Gasteiger partial charge >= 0.3 is 5.97 Å². The third-order valence-electron chi connectivity index (χ3n) is 5.59. The lowest BCUT2D eigenvalue weighted by Crippen LogP contribution is -2.58. The van der Waals surface area contributed by atoms with Crippen molar-refractivity contribution >= 4 is 11.9 Å². The minimum Gasteiger partial charge on any atom is -0.481 e. The van der Waals surface area contributed by atoms with Crippen LogP contribution in [-0.4, -0.2) is 22.5 Å². The molecule has 4 N–H and O–H groups in total. The van der Waals surface area contributed by atoms with Gasteiger partial charge in [-0.05, 0) is 37.0 Å². The number of hydrogen-bond donors (Lipinski definition) is 3. The predicted octanol–water partition coefficient (Wildman–Crippen LogP) is 3.54. The SMILES string of the molecule is C=C(N)CC(C)C(C)(C)C(C)(C)NC(=O)C(CC(=O)O)C(C)(C)C. The molecule has 0 saturated carbocycles. The number of nitrogens with one attached hydrogen (secondary N) is 1. The van der Waals surface area contributed by atoms with Crippen molar-refractivity contribution in [3.63, 3.8) is 0 Å². The first kappa shape index (κ1) is 22.5. The Morgan fingerprint density at radius 2 is 1.54 bits per heavy atom. The number of nitrogens with two attached hydrogens (primary N) is 1. The van der Waals surface area contributed by atoms with E-state index in [0.29, 0.717) is 12.1 Å². The van der Waals surface area contributed by atoms with Crippen LogP contribution < -0.4 is 11.1 Å². The number of aliphatic carboxylic acids is 1. The van der Waals surface area contributed by atoms with Crippen LogP contribution in [0.4, 0.5) is 0 Å². The highest BCUT2D eigenvalue weighted by molar-refractivity contribution is 5.84. The topological polar surface area (TPSA) is 92.4 Å². The summed E-state index contributed by atoms with van der Waals surface area (Å²) in [6.07, 6.45) is 0.491. The van der Waals surface area contributed by atoms with E-state index in [0.717, 1.165) is 0 Å². The molecular weight excluding hydrogens is 304 g/mol. The Kier molecular flexibility index (Phi) is 7.10. The van der Waals surface area contributed by atoms with Crippen LogP contribution in [0.15, 0.2) is 12.3 Å². The molecule has 2 atom stereocenters. The van der Waals surface area contributed by atoms with E-state index < -0.39 is 22.8 Å². The molecule has 0 heterocycles. The van der Waals surface area contributed by atoms with Crippen molar-refractivity contribution in [1.82, 2.24) is 5.32 Å². The summed E-state index contributed by atoms with van der Waals surface area (Å²) in [5.41, 5.74) is 5.16. The molecule has 0 aliphatic rings. The maximum atomic E-state index is 12.8. The van der Waals surface area contributed by atoms with Crippen molar-refractivity contribution < 1.29 is 14.7 Å². The number of hydrogen-bond acceptors (Lipinski definition) is 3. The van der Waals surface area contributed by atoms with Crippen LogP contribution in [0.2, 0.25) is 0 Å². The van der Waals surface area contributed by atoms with Gasteiger partial charge in [-0.25, -0.2) is 0 Å². The van der Waals surface area contributed by atoms with Crippen molar-refractivity contribution in [1.29, 1.82) is 0 Å². The monoisotopic (exact) mass is 340 g/mol. The summed E-state index contributed by atoms with van der Waals surface area (Å²) >= 11 is 0. The first-order valence-electron chi connectivity index (χ1n) is 8.49. The standard InChI is InChI=1S/C19H36N2O3/c1-12(10-13(2)20)18(6,7)19(8,9)21-16(24)14(11-15(22)23)17(3,4)5/h12,14H,2,10-11,20H2,1,3-9H3,(H,21,24)(H,22,23). The van der Waals surface area contributed by atoms with Gasteiger partial charge in [0.2, 0.25) is 5.91 Å². The molecule has 0 aromatic heterocycles. The van der Waals surface area contributed by atoms with E-state index in [1.165, 1.54) is 0 Å². The Bertz CT molecular complexity index is 487. The van der Waals surface area contributed by atoms with E-state index in [-0.39, 0.29) is 23.7 Å². The van der Waals surface area contributed by atoms with Crippen molar-refractivity contribution in [2.45, 2.75) is 73.8 Å². The molecule has 0 rings (SSSR count). The Balaban J connectivity index is 5.40. The number of carboxylic acids is 1. The highest BCUT2D eigenvalue weighted by Crippen LogP contribution is 2.41. The van der Waals surface area contributed by atoms with Gasteiger partial charge in [0.15, 0.2) is 0 Å². The predicted molar refractivity (Wildman–Crippen MR) is 98.3 cm³/mol. The van der Waals surface area contributed by atoms with Gasteiger partial charge in [0.05, 0.1) is 12.3 Å². The molecule has 2 unspecified atom stereocenters. The third kappa shape index (κ3) is 5.84. The van der Waals surface area contributed by atoms with Gasteiger partial charge in [0.1, 0.15) is 0 Å². The Labute approximate surface area is 147 Å². The zero-order valence-electron chi connectivity index (χ0n) is 16.6. The maximum Gasteiger partial charge on any atom is 0.304 e. The number of carbonyl (C=O) groups excluding carboxylic acids is 1. The average Bonchev–Trinajstić information content (AvgIpc) is 2.32. The van der Waals surface area contributed by atoms with Gasteiger partial charge in [-0.15, -0.1) is 0 Å². The first-order chi connectivity index (χ1) is 10.5. The van der Waals surface area contributed by atoms with E-state index >= 15 is 0 Å². The zero-order valence-corrected chi connectivity index (χ0v) is 16.6. The third-order valence-corrected chi connectivity index (χ3v) is 5.59. The van der Waals surface area contributed by atoms with Crippen LogP contribution in [0.25, 0.3) is 0 Å². The smallest absolute Gasteiger partial charge is 0.304 e. The van der Waals surface area contributed by atoms with Gasteiger partial charge in [-0.1, -0.05) is 48.1 Å². The lowest BCUT2D eigenvalue weighted by Gasteiger charge is -2.47.